The number of para-hydroxylation sites is 1. The van der Waals surface area contributed by atoms with Crippen molar-refractivity contribution in [2.24, 2.45) is 0 Å². The fraction of sp³-hybridized carbons (Fsp3) is 0.259. The number of sulfonamides is 1. The Labute approximate surface area is 225 Å². The number of benzene rings is 3. The van der Waals surface area contributed by atoms with Crippen LogP contribution in [0.25, 0.3) is 10.9 Å². The number of hydrogen-bond acceptors (Lipinski definition) is 7. The summed E-state index contributed by atoms with van der Waals surface area (Å²) >= 11 is 3.36. The lowest BCUT2D eigenvalue weighted by molar-refractivity contribution is 0.141. The number of piperazine rings is 1. The van der Waals surface area contributed by atoms with Crippen molar-refractivity contribution < 1.29 is 13.2 Å². The molecule has 4 aromatic rings. The first-order chi connectivity index (χ1) is 17.8. The van der Waals surface area contributed by atoms with Gasteiger partial charge in [0.05, 0.1) is 23.6 Å². The van der Waals surface area contributed by atoms with Gasteiger partial charge in [-0.3, -0.25) is 4.90 Å². The second-order valence-corrected chi connectivity index (χ2v) is 11.7. The van der Waals surface area contributed by atoms with Crippen LogP contribution in [-0.2, 0) is 10.0 Å². The zero-order valence-electron chi connectivity index (χ0n) is 20.6. The fourth-order valence-electron chi connectivity index (χ4n) is 4.44. The van der Waals surface area contributed by atoms with Gasteiger partial charge >= 0.3 is 0 Å². The van der Waals surface area contributed by atoms with Crippen LogP contribution in [0.4, 0.5) is 11.5 Å². The van der Waals surface area contributed by atoms with Crippen LogP contribution >= 0.6 is 15.9 Å². The smallest absolute Gasteiger partial charge is 0.243 e. The number of fused-ring (bicyclic) bond motifs is 1. The molecule has 1 fully saturated rings. The number of nitrogens with one attached hydrogen (secondary N) is 1. The van der Waals surface area contributed by atoms with Gasteiger partial charge in [0.25, 0.3) is 0 Å². The third-order valence-corrected chi connectivity index (χ3v) is 9.06. The van der Waals surface area contributed by atoms with Gasteiger partial charge in [-0.15, -0.1) is 0 Å². The maximum atomic E-state index is 13.1. The maximum absolute atomic E-state index is 13.1. The van der Waals surface area contributed by atoms with Crippen molar-refractivity contribution in [1.82, 2.24) is 19.2 Å². The average molecular weight is 583 g/mol. The van der Waals surface area contributed by atoms with E-state index in [4.69, 9.17) is 14.7 Å². The molecular formula is C27H28BrN5O3S. The molecule has 5 rings (SSSR count). The van der Waals surface area contributed by atoms with E-state index in [1.54, 1.807) is 35.7 Å². The Kier molecular flexibility index (Phi) is 7.43. The molecule has 1 aliphatic heterocycles. The van der Waals surface area contributed by atoms with Crippen molar-refractivity contribution in [3.05, 3.63) is 83.1 Å². The molecule has 1 aromatic heterocycles. The number of aromatic nitrogens is 2. The predicted octanol–water partition coefficient (Wildman–Crippen LogP) is 5.21. The Balaban J connectivity index is 1.35. The summed E-state index contributed by atoms with van der Waals surface area (Å²) in [5.41, 5.74) is 1.75. The molecule has 0 amide bonds. The highest BCUT2D eigenvalue weighted by molar-refractivity contribution is 9.10. The zero-order valence-corrected chi connectivity index (χ0v) is 23.0. The van der Waals surface area contributed by atoms with E-state index in [2.05, 4.69) is 33.1 Å². The molecule has 0 spiro atoms. The molecule has 0 bridgehead atoms. The van der Waals surface area contributed by atoms with E-state index in [0.29, 0.717) is 36.9 Å². The summed E-state index contributed by atoms with van der Waals surface area (Å²) in [5.74, 6) is 2.21. The number of methoxy groups -OCH3 is 1. The lowest BCUT2D eigenvalue weighted by Crippen LogP contribution is -2.49. The molecule has 10 heteroatoms. The van der Waals surface area contributed by atoms with Crippen LogP contribution in [0.3, 0.4) is 0 Å². The molecule has 1 aliphatic rings. The quantitative estimate of drug-likeness (QED) is 0.320. The normalized spacial score (nSPS) is 16.0. The van der Waals surface area contributed by atoms with Crippen molar-refractivity contribution in [1.29, 1.82) is 0 Å². The van der Waals surface area contributed by atoms with Gasteiger partial charge in [-0.25, -0.2) is 18.4 Å². The van der Waals surface area contributed by atoms with Gasteiger partial charge in [-0.1, -0.05) is 28.1 Å². The summed E-state index contributed by atoms with van der Waals surface area (Å²) in [6.07, 6.45) is 0. The van der Waals surface area contributed by atoms with E-state index >= 15 is 0 Å². The Hall–Kier alpha value is -3.05. The minimum Gasteiger partial charge on any atom is -0.497 e. The minimum atomic E-state index is -3.53. The Morgan fingerprint density at radius 3 is 2.27 bits per heavy atom. The van der Waals surface area contributed by atoms with E-state index in [1.165, 1.54) is 0 Å². The second kappa shape index (κ2) is 10.7. The van der Waals surface area contributed by atoms with Gasteiger partial charge in [0.2, 0.25) is 10.0 Å². The van der Waals surface area contributed by atoms with Crippen molar-refractivity contribution >= 4 is 48.4 Å². The minimum absolute atomic E-state index is 0.0847. The third-order valence-electron chi connectivity index (χ3n) is 6.62. The van der Waals surface area contributed by atoms with Gasteiger partial charge < -0.3 is 10.1 Å². The summed E-state index contributed by atoms with van der Waals surface area (Å²) in [5, 5.41) is 4.36. The van der Waals surface area contributed by atoms with E-state index in [-0.39, 0.29) is 6.04 Å². The summed E-state index contributed by atoms with van der Waals surface area (Å²) in [6.45, 7) is 4.07. The van der Waals surface area contributed by atoms with E-state index in [1.807, 2.05) is 48.5 Å². The molecule has 8 nitrogen and oxygen atoms in total. The largest absolute Gasteiger partial charge is 0.497 e. The molecular weight excluding hydrogens is 554 g/mol. The number of rotatable bonds is 7. The van der Waals surface area contributed by atoms with Crippen LogP contribution in [0, 0.1) is 0 Å². The van der Waals surface area contributed by atoms with Crippen LogP contribution in [0.1, 0.15) is 18.8 Å². The monoisotopic (exact) mass is 581 g/mol. The first-order valence-corrected chi connectivity index (χ1v) is 14.3. The average Bonchev–Trinajstić information content (AvgIpc) is 2.93. The SMILES string of the molecule is COc1ccc(Nc2nc([C@@H](C)N3CCN(S(=O)(=O)c4ccc(Br)cc4)CC3)nc3ccccc23)cc1. The molecule has 0 radical (unpaired) electrons. The van der Waals surface area contributed by atoms with Crippen LogP contribution in [0.2, 0.25) is 0 Å². The zero-order chi connectivity index (χ0) is 26.0. The molecule has 1 N–H and O–H groups in total. The molecule has 192 valence electrons. The molecule has 0 saturated carbocycles. The van der Waals surface area contributed by atoms with Crippen LogP contribution in [-0.4, -0.2) is 60.9 Å². The molecule has 0 unspecified atom stereocenters. The van der Waals surface area contributed by atoms with Gasteiger partial charge in [-0.05, 0) is 67.6 Å². The van der Waals surface area contributed by atoms with Crippen LogP contribution in [0.15, 0.2) is 82.2 Å². The van der Waals surface area contributed by atoms with Crippen molar-refractivity contribution in [2.45, 2.75) is 17.9 Å². The van der Waals surface area contributed by atoms with E-state index in [0.717, 1.165) is 32.6 Å². The molecule has 37 heavy (non-hydrogen) atoms. The molecule has 3 aromatic carbocycles. The number of halogens is 1. The fourth-order valence-corrected chi connectivity index (χ4v) is 6.12. The first-order valence-electron chi connectivity index (χ1n) is 12.0. The molecule has 1 saturated heterocycles. The van der Waals surface area contributed by atoms with Crippen molar-refractivity contribution in [3.8, 4) is 5.75 Å². The van der Waals surface area contributed by atoms with E-state index in [9.17, 15) is 8.42 Å². The highest BCUT2D eigenvalue weighted by atomic mass is 79.9. The Bertz CT molecular complexity index is 1490. The standard InChI is InChI=1S/C27H28BrN5O3S/c1-19(32-15-17-33(18-16-32)37(34,35)23-13-7-20(28)8-14-23)26-30-25-6-4-3-5-24(25)27(31-26)29-21-9-11-22(36-2)12-10-21/h3-14,19H,15-18H2,1-2H3,(H,29,30,31)/t19-/m1/s1. The number of nitrogens with zero attached hydrogens (tertiary/aromatic N) is 4. The lowest BCUT2D eigenvalue weighted by atomic mass is 10.2. The number of anilines is 2. The summed E-state index contributed by atoms with van der Waals surface area (Å²) < 4.78 is 33.9. The lowest BCUT2D eigenvalue weighted by Gasteiger charge is -2.36. The van der Waals surface area contributed by atoms with Gasteiger partial charge in [-0.2, -0.15) is 4.31 Å². The number of hydrogen-bond donors (Lipinski definition) is 1. The molecule has 0 aliphatic carbocycles. The molecule has 2 heterocycles. The van der Waals surface area contributed by atoms with Crippen molar-refractivity contribution in [2.75, 3.05) is 38.6 Å². The van der Waals surface area contributed by atoms with Crippen LogP contribution in [0.5, 0.6) is 5.75 Å². The Morgan fingerprint density at radius 1 is 0.919 bits per heavy atom. The third kappa shape index (κ3) is 5.47. The van der Waals surface area contributed by atoms with Gasteiger partial charge in [0.15, 0.2) is 0 Å². The van der Waals surface area contributed by atoms with Gasteiger partial charge in [0, 0.05) is 41.7 Å². The summed E-state index contributed by atoms with van der Waals surface area (Å²) in [6, 6.07) is 22.3. The molecule has 1 atom stereocenters. The highest BCUT2D eigenvalue weighted by Crippen LogP contribution is 2.29. The van der Waals surface area contributed by atoms with E-state index < -0.39 is 10.0 Å². The summed E-state index contributed by atoms with van der Waals surface area (Å²) in [7, 11) is -1.89. The van der Waals surface area contributed by atoms with Gasteiger partial charge in [0.1, 0.15) is 17.4 Å². The van der Waals surface area contributed by atoms with Crippen molar-refractivity contribution in [3.63, 3.8) is 0 Å². The number of ether oxygens (including phenoxy) is 1. The highest BCUT2D eigenvalue weighted by Gasteiger charge is 2.31. The maximum Gasteiger partial charge on any atom is 0.243 e. The Morgan fingerprint density at radius 2 is 1.59 bits per heavy atom. The topological polar surface area (TPSA) is 87.7 Å². The first kappa shape index (κ1) is 25.6. The predicted molar refractivity (Wildman–Crippen MR) is 149 cm³/mol. The second-order valence-electron chi connectivity index (χ2n) is 8.87. The summed E-state index contributed by atoms with van der Waals surface area (Å²) in [4.78, 5) is 12.3. The van der Waals surface area contributed by atoms with Crippen LogP contribution < -0.4 is 10.1 Å².